The molecule has 1 heterocycles. The number of carbonyl (C=O) groups excluding carboxylic acids is 1. The molecule has 5 heteroatoms. The smallest absolute Gasteiger partial charge is 1.00 e. The number of hydrogen-bond donors (Lipinski definition) is 0. The average molecular weight is 338 g/mol. The molecular formula is C18H16ClMgNO2. The zero-order chi connectivity index (χ0) is 14.7. The van der Waals surface area contributed by atoms with Gasteiger partial charge in [-0.25, -0.2) is 0 Å². The molecule has 3 nitrogen and oxygen atoms in total. The van der Waals surface area contributed by atoms with E-state index in [0.29, 0.717) is 18.8 Å². The third kappa shape index (κ3) is 4.28. The van der Waals surface area contributed by atoms with Gasteiger partial charge in [0, 0.05) is 12.2 Å². The van der Waals surface area contributed by atoms with Gasteiger partial charge in [0.25, 0.3) is 5.97 Å². The minimum atomic E-state index is -0.329. The largest absolute Gasteiger partial charge is 2.00 e. The molecule has 0 radical (unpaired) electrons. The molecule has 0 saturated heterocycles. The first-order valence-corrected chi connectivity index (χ1v) is 7.01. The zero-order valence-corrected chi connectivity index (χ0v) is 15.1. The monoisotopic (exact) mass is 337 g/mol. The van der Waals surface area contributed by atoms with E-state index in [4.69, 9.17) is 4.74 Å². The van der Waals surface area contributed by atoms with Crippen molar-refractivity contribution >= 4 is 39.9 Å². The number of nitrogens with zero attached hydrogens (tertiary/aromatic N) is 1. The fraction of sp³-hybridized carbons (Fsp3) is 0.167. The Morgan fingerprint density at radius 2 is 1.74 bits per heavy atom. The van der Waals surface area contributed by atoms with Crippen molar-refractivity contribution in [2.75, 3.05) is 6.61 Å². The standard InChI is InChI=1S/C18H16NO2.ClH.Mg/c1-2-21-18(20)17-12-15-10-6-7-11-16(15)19(17)13-14-8-4-3-5-9-14;;/h3-11H,2,13H2,1H3;1H;/q-1;;+2/p-1. The third-order valence-electron chi connectivity index (χ3n) is 3.37. The quantitative estimate of drug-likeness (QED) is 0.389. The molecular weight excluding hydrogens is 322 g/mol. The molecule has 114 valence electrons. The maximum atomic E-state index is 12.2. The minimum absolute atomic E-state index is 0. The summed E-state index contributed by atoms with van der Waals surface area (Å²) < 4.78 is 7.11. The van der Waals surface area contributed by atoms with Crippen LogP contribution in [-0.2, 0) is 11.3 Å². The number of halogens is 1. The van der Waals surface area contributed by atoms with Gasteiger partial charge in [-0.1, -0.05) is 42.5 Å². The van der Waals surface area contributed by atoms with Gasteiger partial charge in [-0.2, -0.15) is 0 Å². The number of esters is 1. The van der Waals surface area contributed by atoms with Crippen molar-refractivity contribution in [3.8, 4) is 0 Å². The Morgan fingerprint density at radius 3 is 2.43 bits per heavy atom. The second-order valence-electron chi connectivity index (χ2n) is 4.78. The summed E-state index contributed by atoms with van der Waals surface area (Å²) in [5, 5.41) is 0.927. The molecule has 3 aromatic rings. The summed E-state index contributed by atoms with van der Waals surface area (Å²) in [4.78, 5) is 12.2. The van der Waals surface area contributed by atoms with Crippen LogP contribution in [-0.4, -0.2) is 40.2 Å². The maximum absolute atomic E-state index is 12.2. The zero-order valence-electron chi connectivity index (χ0n) is 13.0. The predicted molar refractivity (Wildman–Crippen MR) is 88.0 cm³/mol. The molecule has 23 heavy (non-hydrogen) atoms. The molecule has 0 bridgehead atoms. The Kier molecular flexibility index (Phi) is 7.62. The van der Waals surface area contributed by atoms with Crippen LogP contribution in [0.4, 0.5) is 0 Å². The second-order valence-corrected chi connectivity index (χ2v) is 4.78. The molecule has 0 fully saturated rings. The molecule has 1 aromatic heterocycles. The van der Waals surface area contributed by atoms with Crippen LogP contribution in [0.5, 0.6) is 0 Å². The van der Waals surface area contributed by atoms with Crippen LogP contribution >= 0.6 is 0 Å². The van der Waals surface area contributed by atoms with Gasteiger partial charge in [-0.05, 0) is 18.0 Å². The predicted octanol–water partition coefficient (Wildman–Crippen LogP) is 0.290. The molecule has 0 aliphatic heterocycles. The summed E-state index contributed by atoms with van der Waals surface area (Å²) in [6, 6.07) is 21.1. The number of ether oxygens (including phenoxy) is 1. The Balaban J connectivity index is 0.00000132. The van der Waals surface area contributed by atoms with Gasteiger partial charge in [-0.15, -0.1) is 23.6 Å². The van der Waals surface area contributed by atoms with Crippen LogP contribution < -0.4 is 12.4 Å². The van der Waals surface area contributed by atoms with Gasteiger partial charge in [0.15, 0.2) is 0 Å². The van der Waals surface area contributed by atoms with E-state index < -0.39 is 0 Å². The van der Waals surface area contributed by atoms with E-state index >= 15 is 0 Å². The molecule has 0 N–H and O–H groups in total. The first kappa shape index (κ1) is 19.6. The first-order valence-electron chi connectivity index (χ1n) is 7.01. The van der Waals surface area contributed by atoms with Crippen molar-refractivity contribution in [1.29, 1.82) is 0 Å². The van der Waals surface area contributed by atoms with Crippen LogP contribution in [0.1, 0.15) is 23.0 Å². The van der Waals surface area contributed by atoms with E-state index in [-0.39, 0.29) is 41.4 Å². The summed E-state index contributed by atoms with van der Waals surface area (Å²) >= 11 is 0. The van der Waals surface area contributed by atoms with E-state index in [0.717, 1.165) is 16.5 Å². The topological polar surface area (TPSA) is 31.2 Å². The summed E-state index contributed by atoms with van der Waals surface area (Å²) in [7, 11) is 0. The number of para-hydroxylation sites is 1. The van der Waals surface area contributed by atoms with Gasteiger partial charge >= 0.3 is 23.1 Å². The van der Waals surface area contributed by atoms with Crippen molar-refractivity contribution in [2.24, 2.45) is 0 Å². The summed E-state index contributed by atoms with van der Waals surface area (Å²) in [5.41, 5.74) is 2.60. The van der Waals surface area contributed by atoms with E-state index in [1.165, 1.54) is 0 Å². The number of fused-ring (bicyclic) bond motifs is 1. The normalized spacial score (nSPS) is 9.78. The van der Waals surface area contributed by atoms with Gasteiger partial charge in [0.1, 0.15) is 0 Å². The molecule has 0 aliphatic rings. The summed E-state index contributed by atoms with van der Waals surface area (Å²) in [5.74, 6) is -0.329. The Labute approximate surface area is 158 Å². The van der Waals surface area contributed by atoms with Crippen molar-refractivity contribution < 1.29 is 21.9 Å². The number of hydrogen-bond acceptors (Lipinski definition) is 2. The van der Waals surface area contributed by atoms with Gasteiger partial charge in [0.2, 0.25) is 0 Å². The average Bonchev–Trinajstić information content (AvgIpc) is 2.88. The minimum Gasteiger partial charge on any atom is -1.00 e. The van der Waals surface area contributed by atoms with Crippen molar-refractivity contribution in [2.45, 2.75) is 13.5 Å². The molecule has 0 aliphatic carbocycles. The number of rotatable bonds is 4. The SMILES string of the molecule is CCOC(=O)c1[c-]c2ccccc2n1Cc1ccccc1.[Cl-].[Mg+2]. The first-order chi connectivity index (χ1) is 10.3. The molecule has 2 aromatic carbocycles. The molecule has 0 atom stereocenters. The Bertz CT molecular complexity index is 771. The molecule has 0 saturated carbocycles. The van der Waals surface area contributed by atoms with Gasteiger partial charge in [-0.3, -0.25) is 0 Å². The second kappa shape index (κ2) is 8.96. The fourth-order valence-electron chi connectivity index (χ4n) is 2.42. The molecule has 0 unspecified atom stereocenters. The van der Waals surface area contributed by atoms with Crippen molar-refractivity contribution in [1.82, 2.24) is 4.57 Å². The summed E-state index contributed by atoms with van der Waals surface area (Å²) in [6.45, 7) is 2.79. The summed E-state index contributed by atoms with van der Waals surface area (Å²) in [6.07, 6.45) is 0. The van der Waals surface area contributed by atoms with Gasteiger partial charge < -0.3 is 26.5 Å². The number of carbonyl (C=O) groups is 1. The van der Waals surface area contributed by atoms with E-state index in [1.54, 1.807) is 0 Å². The Hall–Kier alpha value is -1.49. The van der Waals surface area contributed by atoms with Crippen LogP contribution in [0.25, 0.3) is 10.9 Å². The Morgan fingerprint density at radius 1 is 1.09 bits per heavy atom. The van der Waals surface area contributed by atoms with E-state index in [1.807, 2.05) is 66.1 Å². The molecule has 0 amide bonds. The fourth-order valence-corrected chi connectivity index (χ4v) is 2.42. The maximum Gasteiger partial charge on any atom is 2.00 e. The third-order valence-corrected chi connectivity index (χ3v) is 3.37. The molecule has 3 rings (SSSR count). The van der Waals surface area contributed by atoms with Gasteiger partial charge in [0.05, 0.1) is 6.61 Å². The van der Waals surface area contributed by atoms with E-state index in [2.05, 4.69) is 6.07 Å². The van der Waals surface area contributed by atoms with Crippen LogP contribution in [0.15, 0.2) is 54.6 Å². The van der Waals surface area contributed by atoms with Crippen LogP contribution in [0, 0.1) is 6.07 Å². The van der Waals surface area contributed by atoms with Crippen molar-refractivity contribution in [3.05, 3.63) is 71.9 Å². The number of benzene rings is 2. The van der Waals surface area contributed by atoms with Crippen LogP contribution in [0.3, 0.4) is 0 Å². The van der Waals surface area contributed by atoms with E-state index in [9.17, 15) is 4.79 Å². The number of aromatic nitrogens is 1. The van der Waals surface area contributed by atoms with Crippen LogP contribution in [0.2, 0.25) is 0 Å². The van der Waals surface area contributed by atoms with Crippen molar-refractivity contribution in [3.63, 3.8) is 0 Å². The molecule has 0 spiro atoms.